The number of phenolic OH excluding ortho intramolecular Hbond substituents is 1. The number of anilines is 1. The van der Waals surface area contributed by atoms with Crippen molar-refractivity contribution in [2.24, 2.45) is 11.5 Å². The number of aromatic hydroxyl groups is 1. The van der Waals surface area contributed by atoms with Gasteiger partial charge in [0, 0.05) is 41.3 Å². The summed E-state index contributed by atoms with van der Waals surface area (Å²) in [6, 6.07) is 4.99. The minimum atomic E-state index is -0.0757. The molecule has 0 aromatic heterocycles. The van der Waals surface area contributed by atoms with Crippen LogP contribution in [0.25, 0.3) is 0 Å². The first kappa shape index (κ1) is 12.3. The van der Waals surface area contributed by atoms with E-state index in [1.165, 1.54) is 6.07 Å². The average Bonchev–Trinajstić information content (AvgIpc) is 2.32. The molecule has 0 heterocycles. The van der Waals surface area contributed by atoms with Crippen molar-refractivity contribution in [3.63, 3.8) is 0 Å². The van der Waals surface area contributed by atoms with Gasteiger partial charge in [0.2, 0.25) is 0 Å². The Morgan fingerprint density at radius 1 is 1.33 bits per heavy atom. The van der Waals surface area contributed by atoms with Gasteiger partial charge in [-0.2, -0.15) is 0 Å². The van der Waals surface area contributed by atoms with Crippen molar-refractivity contribution >= 4 is 5.69 Å². The van der Waals surface area contributed by atoms with E-state index in [4.69, 9.17) is 17.2 Å². The lowest BCUT2D eigenvalue weighted by molar-refractivity contribution is 0.466. The van der Waals surface area contributed by atoms with E-state index in [1.54, 1.807) is 12.1 Å². The van der Waals surface area contributed by atoms with Crippen molar-refractivity contribution in [3.05, 3.63) is 47.3 Å². The third-order valence-electron chi connectivity index (χ3n) is 2.92. The van der Waals surface area contributed by atoms with Crippen molar-refractivity contribution in [1.29, 1.82) is 0 Å². The fourth-order valence-corrected chi connectivity index (χ4v) is 1.85. The van der Waals surface area contributed by atoms with E-state index in [2.05, 4.69) is 5.32 Å². The standard InChI is InChI=1S/C13H18N4O/c14-9-3-4-11(16)12(5-9)17-7-8-1-2-10(15)6-13(8)18/h1-3,5-6,11,17-18H,4,7,14-16H2. The minimum absolute atomic E-state index is 0.0757. The molecule has 1 unspecified atom stereocenters. The zero-order chi connectivity index (χ0) is 13.1. The molecule has 0 spiro atoms. The molecule has 0 fully saturated rings. The lowest BCUT2D eigenvalue weighted by Crippen LogP contribution is -2.33. The van der Waals surface area contributed by atoms with Gasteiger partial charge in [-0.15, -0.1) is 0 Å². The quantitative estimate of drug-likeness (QED) is 0.499. The van der Waals surface area contributed by atoms with Crippen molar-refractivity contribution in [3.8, 4) is 5.75 Å². The summed E-state index contributed by atoms with van der Waals surface area (Å²) in [7, 11) is 0. The van der Waals surface area contributed by atoms with Crippen molar-refractivity contribution in [2.75, 3.05) is 5.73 Å². The highest BCUT2D eigenvalue weighted by Gasteiger charge is 2.13. The topological polar surface area (TPSA) is 110 Å². The van der Waals surface area contributed by atoms with E-state index in [9.17, 15) is 5.11 Å². The molecule has 96 valence electrons. The number of hydrogen-bond acceptors (Lipinski definition) is 5. The predicted molar refractivity (Wildman–Crippen MR) is 72.3 cm³/mol. The van der Waals surface area contributed by atoms with Crippen LogP contribution in [-0.2, 0) is 6.54 Å². The molecular formula is C13H18N4O. The first-order chi connectivity index (χ1) is 8.56. The van der Waals surface area contributed by atoms with E-state index in [0.717, 1.165) is 17.7 Å². The van der Waals surface area contributed by atoms with Crippen molar-refractivity contribution < 1.29 is 5.11 Å². The highest BCUT2D eigenvalue weighted by Crippen LogP contribution is 2.20. The molecule has 1 aliphatic rings. The van der Waals surface area contributed by atoms with Gasteiger partial charge in [0.25, 0.3) is 0 Å². The molecule has 1 aromatic rings. The Morgan fingerprint density at radius 3 is 2.83 bits per heavy atom. The summed E-state index contributed by atoms with van der Waals surface area (Å²) in [5.41, 5.74) is 20.2. The van der Waals surface area contributed by atoms with Crippen LogP contribution in [0.4, 0.5) is 5.69 Å². The van der Waals surface area contributed by atoms with Crippen LogP contribution in [0.15, 0.2) is 41.7 Å². The molecule has 0 bridgehead atoms. The highest BCUT2D eigenvalue weighted by molar-refractivity contribution is 5.47. The second-order valence-electron chi connectivity index (χ2n) is 4.39. The number of nitrogens with one attached hydrogen (secondary N) is 1. The van der Waals surface area contributed by atoms with Gasteiger partial charge in [-0.3, -0.25) is 0 Å². The molecule has 5 nitrogen and oxygen atoms in total. The van der Waals surface area contributed by atoms with Crippen LogP contribution in [-0.4, -0.2) is 11.1 Å². The summed E-state index contributed by atoms with van der Waals surface area (Å²) in [6.45, 7) is 0.485. The fourth-order valence-electron chi connectivity index (χ4n) is 1.85. The summed E-state index contributed by atoms with van der Waals surface area (Å²) in [4.78, 5) is 0. The number of phenols is 1. The second-order valence-corrected chi connectivity index (χ2v) is 4.39. The minimum Gasteiger partial charge on any atom is -0.508 e. The molecule has 18 heavy (non-hydrogen) atoms. The zero-order valence-corrected chi connectivity index (χ0v) is 10.1. The normalized spacial score (nSPS) is 19.1. The zero-order valence-electron chi connectivity index (χ0n) is 10.1. The number of benzene rings is 1. The Morgan fingerprint density at radius 2 is 2.11 bits per heavy atom. The predicted octanol–water partition coefficient (Wildman–Crippen LogP) is 0.522. The Hall–Kier alpha value is -2.14. The number of hydrogen-bond donors (Lipinski definition) is 5. The Kier molecular flexibility index (Phi) is 3.43. The molecule has 5 heteroatoms. The molecule has 2 rings (SSSR count). The molecule has 8 N–H and O–H groups in total. The first-order valence-electron chi connectivity index (χ1n) is 5.80. The molecular weight excluding hydrogens is 228 g/mol. The third kappa shape index (κ3) is 2.75. The highest BCUT2D eigenvalue weighted by atomic mass is 16.3. The Balaban J connectivity index is 2.05. The maximum absolute atomic E-state index is 9.73. The van der Waals surface area contributed by atoms with Gasteiger partial charge in [-0.05, 0) is 18.6 Å². The maximum atomic E-state index is 9.73. The molecule has 1 aliphatic carbocycles. The van der Waals surface area contributed by atoms with Gasteiger partial charge in [0.05, 0.1) is 0 Å². The Labute approximate surface area is 106 Å². The maximum Gasteiger partial charge on any atom is 0.122 e. The largest absolute Gasteiger partial charge is 0.508 e. The van der Waals surface area contributed by atoms with E-state index in [-0.39, 0.29) is 11.8 Å². The van der Waals surface area contributed by atoms with Gasteiger partial charge in [0.15, 0.2) is 0 Å². The first-order valence-corrected chi connectivity index (χ1v) is 5.80. The number of allylic oxidation sites excluding steroid dienone is 1. The van der Waals surface area contributed by atoms with Crippen molar-refractivity contribution in [1.82, 2.24) is 5.32 Å². The lowest BCUT2D eigenvalue weighted by atomic mass is 10.0. The summed E-state index contributed by atoms with van der Waals surface area (Å²) in [6.07, 6.45) is 4.44. The number of rotatable bonds is 3. The van der Waals surface area contributed by atoms with Crippen LogP contribution in [0.5, 0.6) is 5.75 Å². The summed E-state index contributed by atoms with van der Waals surface area (Å²) in [5, 5.41) is 12.9. The second kappa shape index (κ2) is 5.01. The smallest absolute Gasteiger partial charge is 0.122 e. The van der Waals surface area contributed by atoms with Crippen LogP contribution in [0, 0.1) is 0 Å². The van der Waals surface area contributed by atoms with Crippen LogP contribution in [0.2, 0.25) is 0 Å². The fraction of sp³-hybridized carbons (Fsp3) is 0.231. The molecule has 0 radical (unpaired) electrons. The van der Waals surface area contributed by atoms with Crippen LogP contribution in [0.3, 0.4) is 0 Å². The van der Waals surface area contributed by atoms with Gasteiger partial charge < -0.3 is 27.6 Å². The van der Waals surface area contributed by atoms with Crippen LogP contribution >= 0.6 is 0 Å². The van der Waals surface area contributed by atoms with E-state index < -0.39 is 0 Å². The molecule has 0 saturated heterocycles. The molecule has 1 aromatic carbocycles. The SMILES string of the molecule is NC1=CCC(N)C(NCc2ccc(N)cc2O)=C1. The van der Waals surface area contributed by atoms with Gasteiger partial charge in [0.1, 0.15) is 5.75 Å². The van der Waals surface area contributed by atoms with Gasteiger partial charge in [-0.1, -0.05) is 12.1 Å². The average molecular weight is 246 g/mol. The molecule has 0 saturated carbocycles. The molecule has 0 amide bonds. The molecule has 0 aliphatic heterocycles. The van der Waals surface area contributed by atoms with E-state index in [1.807, 2.05) is 12.2 Å². The monoisotopic (exact) mass is 246 g/mol. The lowest BCUT2D eigenvalue weighted by Gasteiger charge is -2.21. The van der Waals surface area contributed by atoms with E-state index >= 15 is 0 Å². The summed E-state index contributed by atoms with van der Waals surface area (Å²) in [5.74, 6) is 0.177. The van der Waals surface area contributed by atoms with Crippen molar-refractivity contribution in [2.45, 2.75) is 19.0 Å². The number of nitrogens with two attached hydrogens (primary N) is 3. The number of nitrogen functional groups attached to an aromatic ring is 1. The Bertz CT molecular complexity index is 508. The van der Waals surface area contributed by atoms with Gasteiger partial charge >= 0.3 is 0 Å². The van der Waals surface area contributed by atoms with Gasteiger partial charge in [-0.25, -0.2) is 0 Å². The van der Waals surface area contributed by atoms with Crippen LogP contribution in [0.1, 0.15) is 12.0 Å². The van der Waals surface area contributed by atoms with E-state index in [0.29, 0.717) is 17.9 Å². The summed E-state index contributed by atoms with van der Waals surface area (Å²) < 4.78 is 0. The third-order valence-corrected chi connectivity index (χ3v) is 2.92. The van der Waals surface area contributed by atoms with Crippen LogP contribution < -0.4 is 22.5 Å². The molecule has 1 atom stereocenters. The summed E-state index contributed by atoms with van der Waals surface area (Å²) >= 11 is 0.